The van der Waals surface area contributed by atoms with Crippen LogP contribution in [0.4, 0.5) is 0 Å². The lowest BCUT2D eigenvalue weighted by Gasteiger charge is -2.13. The summed E-state index contributed by atoms with van der Waals surface area (Å²) in [5.74, 6) is 0.0835. The molecule has 0 saturated heterocycles. The average molecular weight is 358 g/mol. The number of carboxylic acids is 1. The Morgan fingerprint density at radius 1 is 1.50 bits per heavy atom. The summed E-state index contributed by atoms with van der Waals surface area (Å²) in [6.07, 6.45) is 0. The minimum absolute atomic E-state index is 0.0198. The van der Waals surface area contributed by atoms with E-state index in [1.165, 1.54) is 16.7 Å². The van der Waals surface area contributed by atoms with Gasteiger partial charge in [-0.25, -0.2) is 9.78 Å². The van der Waals surface area contributed by atoms with Crippen molar-refractivity contribution in [1.29, 1.82) is 0 Å². The number of hydrogen-bond donors (Lipinski definition) is 1. The number of nitrogens with zero attached hydrogens (tertiary/aromatic N) is 1. The van der Waals surface area contributed by atoms with Crippen molar-refractivity contribution in [3.05, 3.63) is 27.7 Å². The maximum atomic E-state index is 10.9. The van der Waals surface area contributed by atoms with Gasteiger partial charge in [-0.05, 0) is 19.1 Å². The molecule has 0 atom stereocenters. The van der Waals surface area contributed by atoms with E-state index in [1.807, 2.05) is 13.0 Å². The molecule has 5 nitrogen and oxygen atoms in total. The molecular formula is C13H12BrNO4S. The van der Waals surface area contributed by atoms with Gasteiger partial charge in [0.15, 0.2) is 17.2 Å². The molecule has 0 aliphatic rings. The number of carboxylic acid groups (broad SMARTS) is 1. The SMILES string of the molecule is CCOc1c(OC)cc(Br)cc1-c1nc(C(=O)O)cs1. The number of thiazole rings is 1. The molecular weight excluding hydrogens is 346 g/mol. The Morgan fingerprint density at radius 3 is 2.80 bits per heavy atom. The third kappa shape index (κ3) is 2.94. The second-order valence-electron chi connectivity index (χ2n) is 3.76. The summed E-state index contributed by atoms with van der Waals surface area (Å²) in [5, 5.41) is 11.0. The number of halogens is 1. The van der Waals surface area contributed by atoms with E-state index in [1.54, 1.807) is 13.2 Å². The van der Waals surface area contributed by atoms with Gasteiger partial charge in [-0.15, -0.1) is 11.3 Å². The molecule has 20 heavy (non-hydrogen) atoms. The van der Waals surface area contributed by atoms with Crippen molar-refractivity contribution in [3.63, 3.8) is 0 Å². The smallest absolute Gasteiger partial charge is 0.355 e. The van der Waals surface area contributed by atoms with E-state index in [0.717, 1.165) is 4.47 Å². The number of carbonyl (C=O) groups is 1. The summed E-state index contributed by atoms with van der Waals surface area (Å²) in [5.41, 5.74) is 0.724. The van der Waals surface area contributed by atoms with Gasteiger partial charge in [-0.1, -0.05) is 15.9 Å². The van der Waals surface area contributed by atoms with Crippen molar-refractivity contribution in [2.45, 2.75) is 6.92 Å². The maximum Gasteiger partial charge on any atom is 0.355 e. The van der Waals surface area contributed by atoms with Crippen LogP contribution in [0.15, 0.2) is 22.0 Å². The van der Waals surface area contributed by atoms with Crippen LogP contribution in [0.25, 0.3) is 10.6 Å². The van der Waals surface area contributed by atoms with Gasteiger partial charge in [0.05, 0.1) is 19.3 Å². The van der Waals surface area contributed by atoms with Crippen molar-refractivity contribution in [1.82, 2.24) is 4.98 Å². The Bertz CT molecular complexity index is 641. The molecule has 0 aliphatic heterocycles. The highest BCUT2D eigenvalue weighted by atomic mass is 79.9. The Hall–Kier alpha value is -1.60. The number of aromatic nitrogens is 1. The van der Waals surface area contributed by atoms with Gasteiger partial charge in [0, 0.05) is 9.85 Å². The highest BCUT2D eigenvalue weighted by Gasteiger charge is 2.18. The van der Waals surface area contributed by atoms with Gasteiger partial charge in [-0.3, -0.25) is 0 Å². The molecule has 7 heteroatoms. The first-order valence-electron chi connectivity index (χ1n) is 5.76. The lowest BCUT2D eigenvalue weighted by molar-refractivity contribution is 0.0691. The second-order valence-corrected chi connectivity index (χ2v) is 5.53. The van der Waals surface area contributed by atoms with Crippen LogP contribution in [0, 0.1) is 0 Å². The van der Waals surface area contributed by atoms with Crippen LogP contribution in [-0.4, -0.2) is 29.8 Å². The Labute approximate surface area is 128 Å². The zero-order chi connectivity index (χ0) is 14.7. The van der Waals surface area contributed by atoms with Gasteiger partial charge in [-0.2, -0.15) is 0 Å². The molecule has 1 aromatic heterocycles. The van der Waals surface area contributed by atoms with Gasteiger partial charge >= 0.3 is 5.97 Å². The molecule has 0 amide bonds. The van der Waals surface area contributed by atoms with Crippen LogP contribution in [-0.2, 0) is 0 Å². The standard InChI is InChI=1S/C13H12BrNO4S/c1-3-19-11-8(4-7(14)5-10(11)18-2)12-15-9(6-20-12)13(16)17/h4-6H,3H2,1-2H3,(H,16,17). The highest BCUT2D eigenvalue weighted by Crippen LogP contribution is 2.41. The summed E-state index contributed by atoms with van der Waals surface area (Å²) in [6.45, 7) is 2.35. The van der Waals surface area contributed by atoms with Crippen LogP contribution in [0.5, 0.6) is 11.5 Å². The third-order valence-electron chi connectivity index (χ3n) is 2.48. The fraction of sp³-hybridized carbons (Fsp3) is 0.231. The molecule has 0 bridgehead atoms. The lowest BCUT2D eigenvalue weighted by atomic mass is 10.2. The number of methoxy groups -OCH3 is 1. The number of aromatic carboxylic acids is 1. The van der Waals surface area contributed by atoms with Crippen LogP contribution in [0.1, 0.15) is 17.4 Å². The maximum absolute atomic E-state index is 10.9. The quantitative estimate of drug-likeness (QED) is 0.883. The van der Waals surface area contributed by atoms with Gasteiger partial charge in [0.2, 0.25) is 0 Å². The number of benzene rings is 1. The normalized spacial score (nSPS) is 10.3. The average Bonchev–Trinajstić information content (AvgIpc) is 2.90. The first kappa shape index (κ1) is 14.8. The first-order valence-corrected chi connectivity index (χ1v) is 7.43. The molecule has 0 aliphatic carbocycles. The van der Waals surface area contributed by atoms with E-state index in [-0.39, 0.29) is 5.69 Å². The largest absolute Gasteiger partial charge is 0.493 e. The Kier molecular flexibility index (Phi) is 4.61. The zero-order valence-corrected chi connectivity index (χ0v) is 13.2. The first-order chi connectivity index (χ1) is 9.56. The van der Waals surface area contributed by atoms with Gasteiger partial charge in [0.25, 0.3) is 0 Å². The Morgan fingerprint density at radius 2 is 2.25 bits per heavy atom. The van der Waals surface area contributed by atoms with Crippen molar-refractivity contribution >= 4 is 33.2 Å². The second kappa shape index (κ2) is 6.23. The summed E-state index contributed by atoms with van der Waals surface area (Å²) in [6, 6.07) is 3.62. The van der Waals surface area contributed by atoms with E-state index in [0.29, 0.717) is 28.7 Å². The minimum atomic E-state index is -1.05. The third-order valence-corrected chi connectivity index (χ3v) is 3.82. The summed E-state index contributed by atoms with van der Waals surface area (Å²) < 4.78 is 11.7. The van der Waals surface area contributed by atoms with Crippen molar-refractivity contribution in [3.8, 4) is 22.1 Å². The topological polar surface area (TPSA) is 68.7 Å². The van der Waals surface area contributed by atoms with Crippen LogP contribution < -0.4 is 9.47 Å². The van der Waals surface area contributed by atoms with E-state index < -0.39 is 5.97 Å². The highest BCUT2D eigenvalue weighted by molar-refractivity contribution is 9.10. The van der Waals surface area contributed by atoms with Gasteiger partial charge < -0.3 is 14.6 Å². The van der Waals surface area contributed by atoms with E-state index in [2.05, 4.69) is 20.9 Å². The fourth-order valence-electron chi connectivity index (χ4n) is 1.67. The molecule has 0 spiro atoms. The van der Waals surface area contributed by atoms with Crippen LogP contribution in [0.3, 0.4) is 0 Å². The molecule has 2 rings (SSSR count). The van der Waals surface area contributed by atoms with Crippen LogP contribution >= 0.6 is 27.3 Å². The number of rotatable bonds is 5. The molecule has 0 saturated carbocycles. The molecule has 0 fully saturated rings. The van der Waals surface area contributed by atoms with Gasteiger partial charge in [0.1, 0.15) is 5.01 Å². The summed E-state index contributed by atoms with van der Waals surface area (Å²) >= 11 is 4.65. The number of hydrogen-bond acceptors (Lipinski definition) is 5. The fourth-order valence-corrected chi connectivity index (χ4v) is 2.91. The van der Waals surface area contributed by atoms with Crippen LogP contribution in [0.2, 0.25) is 0 Å². The van der Waals surface area contributed by atoms with Crippen molar-refractivity contribution in [2.24, 2.45) is 0 Å². The lowest BCUT2D eigenvalue weighted by Crippen LogP contribution is -1.99. The molecule has 1 aromatic carbocycles. The molecule has 2 aromatic rings. The Balaban J connectivity index is 2.58. The predicted octanol–water partition coefficient (Wildman–Crippen LogP) is 3.68. The van der Waals surface area contributed by atoms with Crippen molar-refractivity contribution < 1.29 is 19.4 Å². The summed E-state index contributed by atoms with van der Waals surface area (Å²) in [7, 11) is 1.55. The monoisotopic (exact) mass is 357 g/mol. The van der Waals surface area contributed by atoms with E-state index in [4.69, 9.17) is 14.6 Å². The summed E-state index contributed by atoms with van der Waals surface area (Å²) in [4.78, 5) is 15.0. The predicted molar refractivity (Wildman–Crippen MR) is 79.9 cm³/mol. The molecule has 1 heterocycles. The van der Waals surface area contributed by atoms with E-state index >= 15 is 0 Å². The molecule has 1 N–H and O–H groups in total. The van der Waals surface area contributed by atoms with E-state index in [9.17, 15) is 4.79 Å². The number of ether oxygens (including phenoxy) is 2. The molecule has 106 valence electrons. The molecule has 0 unspecified atom stereocenters. The van der Waals surface area contributed by atoms with Crippen molar-refractivity contribution in [2.75, 3.05) is 13.7 Å². The minimum Gasteiger partial charge on any atom is -0.493 e. The molecule has 0 radical (unpaired) electrons. The zero-order valence-electron chi connectivity index (χ0n) is 10.8.